The third-order valence-electron chi connectivity index (χ3n) is 3.94. The van der Waals surface area contributed by atoms with Crippen LogP contribution >= 0.6 is 0 Å². The fourth-order valence-electron chi connectivity index (χ4n) is 2.87. The van der Waals surface area contributed by atoms with Gasteiger partial charge in [-0.1, -0.05) is 90.4 Å². The lowest BCUT2D eigenvalue weighted by Gasteiger charge is -2.19. The zero-order chi connectivity index (χ0) is 10.8. The Morgan fingerprint density at radius 3 is 1.94 bits per heavy atom. The lowest BCUT2D eigenvalue weighted by atomic mass is 9.87. The molecular weight excluding hydrogens is 194 g/mol. The first-order valence-corrected chi connectivity index (χ1v) is 7.43. The third-order valence-corrected chi connectivity index (χ3v) is 3.94. The molecule has 0 unspecified atom stereocenters. The lowest BCUT2D eigenvalue weighted by molar-refractivity contribution is 0.347. The van der Waals surface area contributed by atoms with Crippen LogP contribution in [0.2, 0.25) is 0 Å². The molecule has 98 valence electrons. The van der Waals surface area contributed by atoms with E-state index in [0.717, 1.165) is 5.92 Å². The van der Waals surface area contributed by atoms with Gasteiger partial charge in [0.2, 0.25) is 0 Å². The van der Waals surface area contributed by atoms with Crippen molar-refractivity contribution in [2.45, 2.75) is 90.4 Å². The quantitative estimate of drug-likeness (QED) is 0.566. The van der Waals surface area contributed by atoms with Gasteiger partial charge >= 0.3 is 0 Å². The highest BCUT2D eigenvalue weighted by atomic mass is 14.2. The second-order valence-electron chi connectivity index (χ2n) is 5.41. The summed E-state index contributed by atoms with van der Waals surface area (Å²) in [6.07, 6.45) is 19.4. The van der Waals surface area contributed by atoms with Crippen molar-refractivity contribution in [1.82, 2.24) is 6.15 Å². The maximum absolute atomic E-state index is 2.30. The van der Waals surface area contributed by atoms with Crippen LogP contribution in [0, 0.1) is 5.92 Å². The Morgan fingerprint density at radius 1 is 0.750 bits per heavy atom. The van der Waals surface area contributed by atoms with Crippen LogP contribution in [0.5, 0.6) is 0 Å². The topological polar surface area (TPSA) is 35.0 Å². The van der Waals surface area contributed by atoms with Crippen molar-refractivity contribution in [1.29, 1.82) is 0 Å². The Labute approximate surface area is 103 Å². The van der Waals surface area contributed by atoms with E-state index in [4.69, 9.17) is 0 Å². The molecule has 1 nitrogen and oxygen atoms in total. The fraction of sp³-hybridized carbons (Fsp3) is 1.00. The molecule has 0 aliphatic heterocycles. The summed E-state index contributed by atoms with van der Waals surface area (Å²) in [4.78, 5) is 0. The molecule has 1 fully saturated rings. The predicted octanol–water partition coefficient (Wildman–Crippen LogP) is 5.87. The summed E-state index contributed by atoms with van der Waals surface area (Å²) < 4.78 is 0. The van der Waals surface area contributed by atoms with E-state index < -0.39 is 0 Å². The normalized spacial score (nSPS) is 18.6. The van der Waals surface area contributed by atoms with Gasteiger partial charge in [0.15, 0.2) is 0 Å². The highest BCUT2D eigenvalue weighted by Crippen LogP contribution is 2.26. The SMILES string of the molecule is CCCCCCCC1CCCCCCC1.N. The van der Waals surface area contributed by atoms with Crippen LogP contribution in [-0.4, -0.2) is 0 Å². The Bertz CT molecular complexity index is 125. The fourth-order valence-corrected chi connectivity index (χ4v) is 2.87. The van der Waals surface area contributed by atoms with Gasteiger partial charge < -0.3 is 6.15 Å². The molecule has 0 heterocycles. The summed E-state index contributed by atoms with van der Waals surface area (Å²) in [7, 11) is 0. The molecule has 3 N–H and O–H groups in total. The molecule has 16 heavy (non-hydrogen) atoms. The van der Waals surface area contributed by atoms with Crippen molar-refractivity contribution >= 4 is 0 Å². The van der Waals surface area contributed by atoms with Gasteiger partial charge in [0.1, 0.15) is 0 Å². The van der Waals surface area contributed by atoms with Crippen molar-refractivity contribution in [2.24, 2.45) is 5.92 Å². The first-order valence-electron chi connectivity index (χ1n) is 7.43. The number of unbranched alkanes of at least 4 members (excludes halogenated alkanes) is 4. The van der Waals surface area contributed by atoms with Crippen molar-refractivity contribution in [3.05, 3.63) is 0 Å². The van der Waals surface area contributed by atoms with E-state index in [-0.39, 0.29) is 6.15 Å². The van der Waals surface area contributed by atoms with Crippen LogP contribution in [-0.2, 0) is 0 Å². The molecule has 0 bridgehead atoms. The average molecular weight is 227 g/mol. The first kappa shape index (κ1) is 16.0. The number of rotatable bonds is 6. The molecule has 1 aliphatic carbocycles. The molecule has 1 heteroatoms. The molecule has 0 saturated heterocycles. The van der Waals surface area contributed by atoms with Crippen LogP contribution in [0.25, 0.3) is 0 Å². The molecular formula is C15H33N. The van der Waals surface area contributed by atoms with Crippen molar-refractivity contribution < 1.29 is 0 Å². The maximum Gasteiger partial charge on any atom is -0.0414 e. The van der Waals surface area contributed by atoms with E-state index in [2.05, 4.69) is 6.92 Å². The van der Waals surface area contributed by atoms with Crippen molar-refractivity contribution in [3.63, 3.8) is 0 Å². The Morgan fingerprint density at radius 2 is 1.31 bits per heavy atom. The highest BCUT2D eigenvalue weighted by Gasteiger charge is 2.10. The van der Waals surface area contributed by atoms with E-state index in [9.17, 15) is 0 Å². The molecule has 1 rings (SSSR count). The smallest absolute Gasteiger partial charge is 0.0414 e. The summed E-state index contributed by atoms with van der Waals surface area (Å²) in [6, 6.07) is 0. The van der Waals surface area contributed by atoms with Gasteiger partial charge in [0, 0.05) is 0 Å². The molecule has 0 radical (unpaired) electrons. The second-order valence-corrected chi connectivity index (χ2v) is 5.41. The molecule has 0 aromatic rings. The Balaban J connectivity index is 0.00000225. The van der Waals surface area contributed by atoms with Gasteiger partial charge in [-0.05, 0) is 5.92 Å². The lowest BCUT2D eigenvalue weighted by Crippen LogP contribution is -2.03. The minimum absolute atomic E-state index is 0. The van der Waals surface area contributed by atoms with Crippen LogP contribution in [0.1, 0.15) is 90.4 Å². The van der Waals surface area contributed by atoms with E-state index in [1.54, 1.807) is 0 Å². The van der Waals surface area contributed by atoms with Gasteiger partial charge in [-0.25, -0.2) is 0 Å². The van der Waals surface area contributed by atoms with Gasteiger partial charge in [-0.2, -0.15) is 0 Å². The third kappa shape index (κ3) is 8.15. The summed E-state index contributed by atoms with van der Waals surface area (Å²) in [6.45, 7) is 2.30. The molecule has 0 aromatic carbocycles. The van der Waals surface area contributed by atoms with E-state index in [1.165, 1.54) is 83.5 Å². The summed E-state index contributed by atoms with van der Waals surface area (Å²) in [5, 5.41) is 0. The number of hydrogen-bond donors (Lipinski definition) is 1. The monoisotopic (exact) mass is 227 g/mol. The number of hydrogen-bond acceptors (Lipinski definition) is 1. The van der Waals surface area contributed by atoms with Crippen LogP contribution in [0.4, 0.5) is 0 Å². The Kier molecular flexibility index (Phi) is 11.4. The zero-order valence-electron chi connectivity index (χ0n) is 11.5. The Hall–Kier alpha value is -0.0400. The molecule has 0 atom stereocenters. The van der Waals surface area contributed by atoms with E-state index in [0.29, 0.717) is 0 Å². The second kappa shape index (κ2) is 11.4. The molecule has 1 aliphatic rings. The maximum atomic E-state index is 2.30. The largest absolute Gasteiger partial charge is 0.344 e. The molecule has 0 amide bonds. The minimum atomic E-state index is 0. The van der Waals surface area contributed by atoms with Crippen molar-refractivity contribution in [2.75, 3.05) is 0 Å². The average Bonchev–Trinajstić information content (AvgIpc) is 2.20. The van der Waals surface area contributed by atoms with Crippen molar-refractivity contribution in [3.8, 4) is 0 Å². The van der Waals surface area contributed by atoms with Crippen LogP contribution in [0.15, 0.2) is 0 Å². The molecule has 0 aromatic heterocycles. The summed E-state index contributed by atoms with van der Waals surface area (Å²) in [5.41, 5.74) is 0. The van der Waals surface area contributed by atoms with E-state index in [1.807, 2.05) is 0 Å². The molecule has 1 saturated carbocycles. The van der Waals surface area contributed by atoms with Gasteiger partial charge in [0.05, 0.1) is 0 Å². The van der Waals surface area contributed by atoms with Gasteiger partial charge in [-0.15, -0.1) is 0 Å². The zero-order valence-corrected chi connectivity index (χ0v) is 11.5. The van der Waals surface area contributed by atoms with Gasteiger partial charge in [-0.3, -0.25) is 0 Å². The van der Waals surface area contributed by atoms with Crippen LogP contribution in [0.3, 0.4) is 0 Å². The van der Waals surface area contributed by atoms with E-state index >= 15 is 0 Å². The first-order chi connectivity index (χ1) is 7.43. The van der Waals surface area contributed by atoms with Crippen LogP contribution < -0.4 is 6.15 Å². The van der Waals surface area contributed by atoms with Gasteiger partial charge in [0.25, 0.3) is 0 Å². The summed E-state index contributed by atoms with van der Waals surface area (Å²) in [5.74, 6) is 1.09. The highest BCUT2D eigenvalue weighted by molar-refractivity contribution is 4.64. The standard InChI is InChI=1S/C15H30.H3N/c1-2-3-4-6-9-12-15-13-10-7-5-8-11-14-15;/h15H,2-14H2,1H3;1H3. The predicted molar refractivity (Wildman–Crippen MR) is 74.2 cm³/mol. The molecule has 0 spiro atoms. The minimum Gasteiger partial charge on any atom is -0.344 e. The summed E-state index contributed by atoms with van der Waals surface area (Å²) >= 11 is 0.